The normalized spacial score (nSPS) is 17.9. The zero-order valence-electron chi connectivity index (χ0n) is 9.44. The van der Waals surface area contributed by atoms with Crippen LogP contribution in [0, 0.1) is 0 Å². The SMILES string of the molecule is CC(=O)N1CC/C(=C/c2ccc(Br)cc2)C1=O. The molecule has 1 aliphatic rings. The van der Waals surface area contributed by atoms with Crippen molar-refractivity contribution >= 4 is 33.8 Å². The number of hydrogen-bond acceptors (Lipinski definition) is 2. The molecule has 1 fully saturated rings. The number of nitrogens with zero attached hydrogens (tertiary/aromatic N) is 1. The first-order chi connectivity index (χ1) is 8.08. The molecule has 0 spiro atoms. The van der Waals surface area contributed by atoms with Crippen molar-refractivity contribution in [2.24, 2.45) is 0 Å². The van der Waals surface area contributed by atoms with Crippen LogP contribution < -0.4 is 0 Å². The summed E-state index contributed by atoms with van der Waals surface area (Å²) >= 11 is 3.36. The molecule has 2 rings (SSSR count). The Morgan fingerprint density at radius 1 is 1.35 bits per heavy atom. The second kappa shape index (κ2) is 4.84. The highest BCUT2D eigenvalue weighted by Gasteiger charge is 2.28. The third-order valence-corrected chi connectivity index (χ3v) is 3.24. The summed E-state index contributed by atoms with van der Waals surface area (Å²) in [5.74, 6) is -0.352. The molecule has 1 saturated heterocycles. The molecule has 4 heteroatoms. The maximum Gasteiger partial charge on any atom is 0.256 e. The van der Waals surface area contributed by atoms with E-state index in [-0.39, 0.29) is 11.8 Å². The highest BCUT2D eigenvalue weighted by atomic mass is 79.9. The molecule has 1 aromatic carbocycles. The van der Waals surface area contributed by atoms with Gasteiger partial charge in [-0.25, -0.2) is 0 Å². The van der Waals surface area contributed by atoms with E-state index in [4.69, 9.17) is 0 Å². The molecule has 0 unspecified atom stereocenters. The summed E-state index contributed by atoms with van der Waals surface area (Å²) in [5.41, 5.74) is 1.67. The van der Waals surface area contributed by atoms with Gasteiger partial charge in [-0.05, 0) is 30.2 Å². The lowest BCUT2D eigenvalue weighted by molar-refractivity contribution is -0.138. The van der Waals surface area contributed by atoms with Gasteiger partial charge in [0.15, 0.2) is 0 Å². The monoisotopic (exact) mass is 293 g/mol. The predicted octanol–water partition coefficient (Wildman–Crippen LogP) is 2.61. The largest absolute Gasteiger partial charge is 0.279 e. The summed E-state index contributed by atoms with van der Waals surface area (Å²) in [7, 11) is 0. The molecule has 0 radical (unpaired) electrons. The van der Waals surface area contributed by atoms with Gasteiger partial charge in [-0.2, -0.15) is 0 Å². The van der Waals surface area contributed by atoms with Gasteiger partial charge in [-0.15, -0.1) is 0 Å². The van der Waals surface area contributed by atoms with Gasteiger partial charge < -0.3 is 0 Å². The lowest BCUT2D eigenvalue weighted by Crippen LogP contribution is -2.29. The summed E-state index contributed by atoms with van der Waals surface area (Å²) in [6, 6.07) is 7.71. The van der Waals surface area contributed by atoms with Gasteiger partial charge in [0.1, 0.15) is 0 Å². The van der Waals surface area contributed by atoms with Crippen molar-refractivity contribution < 1.29 is 9.59 Å². The van der Waals surface area contributed by atoms with Crippen LogP contribution in [-0.4, -0.2) is 23.3 Å². The van der Waals surface area contributed by atoms with Crippen molar-refractivity contribution in [3.8, 4) is 0 Å². The van der Waals surface area contributed by atoms with Crippen molar-refractivity contribution in [3.05, 3.63) is 39.9 Å². The third kappa shape index (κ3) is 2.64. The molecule has 0 saturated carbocycles. The summed E-state index contributed by atoms with van der Waals surface area (Å²) < 4.78 is 1.00. The number of carbonyl (C=O) groups excluding carboxylic acids is 2. The second-order valence-electron chi connectivity index (χ2n) is 3.95. The van der Waals surface area contributed by atoms with Crippen LogP contribution in [0.1, 0.15) is 18.9 Å². The first-order valence-electron chi connectivity index (χ1n) is 5.36. The molecule has 3 nitrogen and oxygen atoms in total. The van der Waals surface area contributed by atoms with Crippen LogP contribution in [0.3, 0.4) is 0 Å². The minimum absolute atomic E-state index is 0.166. The molecule has 0 aliphatic carbocycles. The topological polar surface area (TPSA) is 37.4 Å². The van der Waals surface area contributed by atoms with Crippen LogP contribution in [0.2, 0.25) is 0 Å². The van der Waals surface area contributed by atoms with Crippen molar-refractivity contribution in [2.75, 3.05) is 6.54 Å². The third-order valence-electron chi connectivity index (χ3n) is 2.72. The Bertz CT molecular complexity index is 491. The molecule has 1 heterocycles. The molecular formula is C13H12BrNO2. The standard InChI is InChI=1S/C13H12BrNO2/c1-9(16)15-7-6-11(13(15)17)8-10-2-4-12(14)5-3-10/h2-5,8H,6-7H2,1H3/b11-8-. The number of likely N-dealkylation sites (tertiary alicyclic amines) is 1. The number of halogens is 1. The molecule has 1 aliphatic heterocycles. The van der Waals surface area contributed by atoms with Crippen LogP contribution in [0.4, 0.5) is 0 Å². The fraction of sp³-hybridized carbons (Fsp3) is 0.231. The van der Waals surface area contributed by atoms with E-state index in [1.807, 2.05) is 30.3 Å². The highest BCUT2D eigenvalue weighted by Crippen LogP contribution is 2.21. The minimum atomic E-state index is -0.186. The highest BCUT2D eigenvalue weighted by molar-refractivity contribution is 9.10. The van der Waals surface area contributed by atoms with Gasteiger partial charge in [0.25, 0.3) is 5.91 Å². The van der Waals surface area contributed by atoms with Crippen LogP contribution in [0.15, 0.2) is 34.3 Å². The lowest BCUT2D eigenvalue weighted by Gasteiger charge is -2.08. The molecule has 88 valence electrons. The molecular weight excluding hydrogens is 282 g/mol. The lowest BCUT2D eigenvalue weighted by atomic mass is 10.1. The van der Waals surface area contributed by atoms with Gasteiger partial charge in [0, 0.05) is 23.5 Å². The van der Waals surface area contributed by atoms with Crippen LogP contribution in [-0.2, 0) is 9.59 Å². The van der Waals surface area contributed by atoms with Crippen molar-refractivity contribution in [1.29, 1.82) is 0 Å². The van der Waals surface area contributed by atoms with E-state index < -0.39 is 0 Å². The van der Waals surface area contributed by atoms with Gasteiger partial charge in [-0.3, -0.25) is 14.5 Å². The first kappa shape index (κ1) is 12.0. The van der Waals surface area contributed by atoms with Crippen LogP contribution >= 0.6 is 15.9 Å². The smallest absolute Gasteiger partial charge is 0.256 e. The predicted molar refractivity (Wildman–Crippen MR) is 69.1 cm³/mol. The summed E-state index contributed by atoms with van der Waals surface area (Å²) in [6.45, 7) is 1.91. The van der Waals surface area contributed by atoms with E-state index in [1.165, 1.54) is 11.8 Å². The van der Waals surface area contributed by atoms with Crippen LogP contribution in [0.5, 0.6) is 0 Å². The number of hydrogen-bond donors (Lipinski definition) is 0. The zero-order valence-corrected chi connectivity index (χ0v) is 11.0. The van der Waals surface area contributed by atoms with E-state index >= 15 is 0 Å². The van der Waals surface area contributed by atoms with Crippen molar-refractivity contribution in [3.63, 3.8) is 0 Å². The Morgan fingerprint density at radius 3 is 2.53 bits per heavy atom. The number of benzene rings is 1. The van der Waals surface area contributed by atoms with E-state index in [2.05, 4.69) is 15.9 Å². The zero-order chi connectivity index (χ0) is 12.4. The van der Waals surface area contributed by atoms with E-state index in [1.54, 1.807) is 0 Å². The Kier molecular flexibility index (Phi) is 3.43. The van der Waals surface area contributed by atoms with E-state index in [0.717, 1.165) is 10.0 Å². The summed E-state index contributed by atoms with van der Waals surface area (Å²) in [5, 5.41) is 0. The number of rotatable bonds is 1. The minimum Gasteiger partial charge on any atom is -0.279 e. The van der Waals surface area contributed by atoms with E-state index in [0.29, 0.717) is 18.5 Å². The average molecular weight is 294 g/mol. The van der Waals surface area contributed by atoms with Gasteiger partial charge in [0.05, 0.1) is 0 Å². The summed E-state index contributed by atoms with van der Waals surface area (Å²) in [6.07, 6.45) is 2.48. The van der Waals surface area contributed by atoms with Gasteiger partial charge >= 0.3 is 0 Å². The Balaban J connectivity index is 2.22. The molecule has 0 aromatic heterocycles. The first-order valence-corrected chi connectivity index (χ1v) is 6.16. The maximum absolute atomic E-state index is 11.8. The summed E-state index contributed by atoms with van der Waals surface area (Å²) in [4.78, 5) is 24.3. The molecule has 1 aromatic rings. The Hall–Kier alpha value is -1.42. The fourth-order valence-electron chi connectivity index (χ4n) is 1.81. The second-order valence-corrected chi connectivity index (χ2v) is 4.86. The van der Waals surface area contributed by atoms with Gasteiger partial charge in [-0.1, -0.05) is 28.1 Å². The fourth-order valence-corrected chi connectivity index (χ4v) is 2.07. The molecule has 0 bridgehead atoms. The van der Waals surface area contributed by atoms with Crippen molar-refractivity contribution in [2.45, 2.75) is 13.3 Å². The number of carbonyl (C=O) groups is 2. The van der Waals surface area contributed by atoms with Gasteiger partial charge in [0.2, 0.25) is 5.91 Å². The van der Waals surface area contributed by atoms with Crippen molar-refractivity contribution in [1.82, 2.24) is 4.90 Å². The Labute approximate surface area is 108 Å². The van der Waals surface area contributed by atoms with E-state index in [9.17, 15) is 9.59 Å². The molecule has 0 atom stereocenters. The maximum atomic E-state index is 11.8. The van der Waals surface area contributed by atoms with Crippen LogP contribution in [0.25, 0.3) is 6.08 Å². The molecule has 17 heavy (non-hydrogen) atoms. The number of imide groups is 1. The number of amides is 2. The quantitative estimate of drug-likeness (QED) is 0.747. The average Bonchev–Trinajstić information content (AvgIpc) is 2.64. The Morgan fingerprint density at radius 2 is 2.00 bits per heavy atom. The molecule has 0 N–H and O–H groups in total. The molecule has 2 amide bonds.